The van der Waals surface area contributed by atoms with E-state index in [0.29, 0.717) is 28.8 Å². The first kappa shape index (κ1) is 17.6. The number of carboxylic acids is 1. The first-order chi connectivity index (χ1) is 11.5. The zero-order valence-electron chi connectivity index (χ0n) is 13.1. The highest BCUT2D eigenvalue weighted by Gasteiger charge is 2.16. The van der Waals surface area contributed by atoms with Crippen LogP contribution < -0.4 is 10.1 Å². The molecule has 2 rings (SSSR count). The number of methoxy groups -OCH3 is 1. The van der Waals surface area contributed by atoms with Crippen LogP contribution in [0.25, 0.3) is 0 Å². The first-order valence-corrected chi connectivity index (χ1v) is 7.49. The lowest BCUT2D eigenvalue weighted by Gasteiger charge is -2.14. The van der Waals surface area contributed by atoms with Crippen molar-refractivity contribution in [3.05, 3.63) is 52.5 Å². The molecule has 0 saturated carbocycles. The van der Waals surface area contributed by atoms with E-state index in [1.54, 1.807) is 25.1 Å². The number of rotatable bonds is 6. The maximum absolute atomic E-state index is 11.9. The van der Waals surface area contributed by atoms with E-state index in [2.05, 4.69) is 5.32 Å². The Balaban J connectivity index is 2.46. The molecule has 24 heavy (non-hydrogen) atoms. The van der Waals surface area contributed by atoms with Crippen molar-refractivity contribution in [2.45, 2.75) is 6.92 Å². The second-order valence-electron chi connectivity index (χ2n) is 4.75. The summed E-state index contributed by atoms with van der Waals surface area (Å²) in [5.41, 5.74) is 0.906. The molecule has 0 aliphatic rings. The molecule has 7 heteroatoms. The smallest absolute Gasteiger partial charge is 0.339 e. The summed E-state index contributed by atoms with van der Waals surface area (Å²) < 4.78 is 10.0. The van der Waals surface area contributed by atoms with E-state index in [9.17, 15) is 14.7 Å². The van der Waals surface area contributed by atoms with Gasteiger partial charge in [0.2, 0.25) is 0 Å². The summed E-state index contributed by atoms with van der Waals surface area (Å²) in [7, 11) is 1.26. The molecule has 2 aromatic carbocycles. The van der Waals surface area contributed by atoms with Crippen molar-refractivity contribution in [3.8, 4) is 5.75 Å². The quantitative estimate of drug-likeness (QED) is 0.768. The van der Waals surface area contributed by atoms with Crippen LogP contribution in [0.3, 0.4) is 0 Å². The Morgan fingerprint density at radius 1 is 1.12 bits per heavy atom. The average Bonchev–Trinajstić information content (AvgIpc) is 2.55. The lowest BCUT2D eigenvalue weighted by Crippen LogP contribution is -2.08. The molecule has 0 saturated heterocycles. The molecule has 0 unspecified atom stereocenters. The summed E-state index contributed by atoms with van der Waals surface area (Å²) in [4.78, 5) is 23.3. The van der Waals surface area contributed by atoms with Crippen LogP contribution in [0.15, 0.2) is 36.4 Å². The highest BCUT2D eigenvalue weighted by molar-refractivity contribution is 6.31. The van der Waals surface area contributed by atoms with E-state index in [4.69, 9.17) is 21.1 Å². The van der Waals surface area contributed by atoms with Gasteiger partial charge in [0.1, 0.15) is 5.75 Å². The SMILES string of the molecule is CCOc1ccc(Nc2cc(Cl)ccc2C(=O)OC)c(C(=O)O)c1. The predicted molar refractivity (Wildman–Crippen MR) is 90.6 cm³/mol. The monoisotopic (exact) mass is 349 g/mol. The number of nitrogens with one attached hydrogen (secondary N) is 1. The van der Waals surface area contributed by atoms with E-state index >= 15 is 0 Å². The Kier molecular flexibility index (Phi) is 5.65. The minimum absolute atomic E-state index is 0.0109. The molecule has 0 bridgehead atoms. The van der Waals surface area contributed by atoms with Gasteiger partial charge < -0.3 is 19.9 Å². The lowest BCUT2D eigenvalue weighted by atomic mass is 10.1. The van der Waals surface area contributed by atoms with Crippen LogP contribution in [0, 0.1) is 0 Å². The number of carbonyl (C=O) groups excluding carboxylic acids is 1. The van der Waals surface area contributed by atoms with Crippen LogP contribution >= 0.6 is 11.6 Å². The summed E-state index contributed by atoms with van der Waals surface area (Å²) in [5.74, 6) is -1.24. The number of esters is 1. The third kappa shape index (κ3) is 3.97. The molecular formula is C17H16ClNO5. The predicted octanol–water partition coefficient (Wildman–Crippen LogP) is 3.97. The molecule has 0 aliphatic carbocycles. The fourth-order valence-electron chi connectivity index (χ4n) is 2.12. The van der Waals surface area contributed by atoms with Gasteiger partial charge in [0, 0.05) is 5.02 Å². The number of ether oxygens (including phenoxy) is 2. The molecular weight excluding hydrogens is 334 g/mol. The summed E-state index contributed by atoms with van der Waals surface area (Å²) >= 11 is 5.97. The fraction of sp³-hybridized carbons (Fsp3) is 0.176. The Morgan fingerprint density at radius 2 is 1.88 bits per heavy atom. The van der Waals surface area contributed by atoms with Crippen molar-refractivity contribution in [2.75, 3.05) is 19.0 Å². The van der Waals surface area contributed by atoms with E-state index < -0.39 is 11.9 Å². The highest BCUT2D eigenvalue weighted by Crippen LogP contribution is 2.29. The minimum Gasteiger partial charge on any atom is -0.494 e. The van der Waals surface area contributed by atoms with Crippen molar-refractivity contribution in [1.82, 2.24) is 0 Å². The van der Waals surface area contributed by atoms with Gasteiger partial charge >= 0.3 is 11.9 Å². The van der Waals surface area contributed by atoms with Crippen LogP contribution in [-0.2, 0) is 4.74 Å². The third-order valence-electron chi connectivity index (χ3n) is 3.19. The molecule has 0 amide bonds. The van der Waals surface area contributed by atoms with Gasteiger partial charge in [-0.3, -0.25) is 0 Å². The molecule has 0 fully saturated rings. The number of anilines is 2. The fourth-order valence-corrected chi connectivity index (χ4v) is 2.29. The lowest BCUT2D eigenvalue weighted by molar-refractivity contribution is 0.0601. The zero-order valence-corrected chi connectivity index (χ0v) is 13.9. The van der Waals surface area contributed by atoms with E-state index in [0.717, 1.165) is 0 Å². The normalized spacial score (nSPS) is 10.1. The maximum Gasteiger partial charge on any atom is 0.339 e. The second-order valence-corrected chi connectivity index (χ2v) is 5.19. The van der Waals surface area contributed by atoms with Crippen LogP contribution in [0.2, 0.25) is 5.02 Å². The first-order valence-electron chi connectivity index (χ1n) is 7.11. The van der Waals surface area contributed by atoms with Gasteiger partial charge in [-0.05, 0) is 43.3 Å². The van der Waals surface area contributed by atoms with Crippen LogP contribution in [0.5, 0.6) is 5.75 Å². The Labute approximate surface area is 144 Å². The molecule has 2 N–H and O–H groups in total. The van der Waals surface area contributed by atoms with Gasteiger partial charge in [0.05, 0.1) is 36.2 Å². The molecule has 126 valence electrons. The minimum atomic E-state index is -1.12. The molecule has 0 aliphatic heterocycles. The maximum atomic E-state index is 11.9. The van der Waals surface area contributed by atoms with E-state index in [1.807, 2.05) is 0 Å². The second kappa shape index (κ2) is 7.70. The Morgan fingerprint density at radius 3 is 2.50 bits per heavy atom. The van der Waals surface area contributed by atoms with Crippen molar-refractivity contribution < 1.29 is 24.2 Å². The number of carboxylic acid groups (broad SMARTS) is 1. The largest absolute Gasteiger partial charge is 0.494 e. The van der Waals surface area contributed by atoms with Crippen LogP contribution in [-0.4, -0.2) is 30.8 Å². The number of hydrogen-bond acceptors (Lipinski definition) is 5. The van der Waals surface area contributed by atoms with Gasteiger partial charge in [0.15, 0.2) is 0 Å². The van der Waals surface area contributed by atoms with E-state index in [-0.39, 0.29) is 11.1 Å². The number of halogens is 1. The Hall–Kier alpha value is -2.73. The van der Waals surface area contributed by atoms with Crippen LogP contribution in [0.1, 0.15) is 27.6 Å². The number of benzene rings is 2. The Bertz CT molecular complexity index is 776. The molecule has 0 radical (unpaired) electrons. The highest BCUT2D eigenvalue weighted by atomic mass is 35.5. The van der Waals surface area contributed by atoms with Gasteiger partial charge in [-0.1, -0.05) is 11.6 Å². The van der Waals surface area contributed by atoms with Crippen LogP contribution in [0.4, 0.5) is 11.4 Å². The van der Waals surface area contributed by atoms with Gasteiger partial charge in [-0.2, -0.15) is 0 Å². The summed E-state index contributed by atoms with van der Waals surface area (Å²) in [5, 5.41) is 12.7. The van der Waals surface area contributed by atoms with Gasteiger partial charge in [-0.25, -0.2) is 9.59 Å². The summed E-state index contributed by atoms with van der Waals surface area (Å²) in [6.45, 7) is 2.23. The molecule has 0 spiro atoms. The molecule has 0 aromatic heterocycles. The number of hydrogen-bond donors (Lipinski definition) is 2. The van der Waals surface area contributed by atoms with Crippen molar-refractivity contribution in [1.29, 1.82) is 0 Å². The number of carbonyl (C=O) groups is 2. The standard InChI is InChI=1S/C17H16ClNO5/c1-3-24-11-5-7-14(13(9-11)16(20)21)19-15-8-10(18)4-6-12(15)17(22)23-2/h4-9,19H,3H2,1-2H3,(H,20,21). The van der Waals surface area contributed by atoms with Crippen molar-refractivity contribution >= 4 is 34.9 Å². The summed E-state index contributed by atoms with van der Waals surface area (Å²) in [6.07, 6.45) is 0. The van der Waals surface area contributed by atoms with Gasteiger partial charge in [0.25, 0.3) is 0 Å². The molecule has 0 atom stereocenters. The average molecular weight is 350 g/mol. The zero-order chi connectivity index (χ0) is 17.7. The summed E-state index contributed by atoms with van der Waals surface area (Å²) in [6, 6.07) is 9.20. The van der Waals surface area contributed by atoms with Gasteiger partial charge in [-0.15, -0.1) is 0 Å². The van der Waals surface area contributed by atoms with Crippen molar-refractivity contribution in [3.63, 3.8) is 0 Å². The van der Waals surface area contributed by atoms with Crippen molar-refractivity contribution in [2.24, 2.45) is 0 Å². The topological polar surface area (TPSA) is 84.9 Å². The third-order valence-corrected chi connectivity index (χ3v) is 3.42. The molecule has 6 nitrogen and oxygen atoms in total. The molecule has 0 heterocycles. The number of aromatic carboxylic acids is 1. The molecule has 2 aromatic rings. The van der Waals surface area contributed by atoms with E-state index in [1.165, 1.54) is 25.3 Å².